The molecule has 3 aromatic rings. The molecule has 2 amide bonds. The van der Waals surface area contributed by atoms with E-state index in [1.807, 2.05) is 43.3 Å². The largest absolute Gasteiger partial charge is 0.497 e. The number of benzene rings is 2. The fraction of sp³-hybridized carbons (Fsp3) is 0.370. The van der Waals surface area contributed by atoms with Gasteiger partial charge >= 0.3 is 4.87 Å². The number of aromatic amines is 1. The summed E-state index contributed by atoms with van der Waals surface area (Å²) in [7, 11) is 1.65. The lowest BCUT2D eigenvalue weighted by Crippen LogP contribution is -2.42. The number of nitrogens with zero attached hydrogens (tertiary/aromatic N) is 1. The lowest BCUT2D eigenvalue weighted by atomic mass is 9.68. The molecule has 0 spiro atoms. The number of H-pyrrole nitrogens is 1. The molecular formula is C27H24N2O4S2. The molecule has 6 nitrogen and oxygen atoms in total. The predicted octanol–water partition coefficient (Wildman–Crippen LogP) is 4.43. The first-order valence-corrected chi connectivity index (χ1v) is 13.6. The summed E-state index contributed by atoms with van der Waals surface area (Å²) in [5.41, 5.74) is 2.90. The molecule has 35 heavy (non-hydrogen) atoms. The number of thioether (sulfide) groups is 1. The molecule has 1 saturated heterocycles. The van der Waals surface area contributed by atoms with Gasteiger partial charge in [-0.2, -0.15) is 0 Å². The number of aromatic nitrogens is 1. The molecule has 1 aromatic heterocycles. The molecule has 2 bridgehead atoms. The number of rotatable bonds is 3. The highest BCUT2D eigenvalue weighted by Gasteiger charge is 2.69. The molecule has 0 unspecified atom stereocenters. The van der Waals surface area contributed by atoms with Gasteiger partial charge in [0.25, 0.3) is 0 Å². The minimum Gasteiger partial charge on any atom is -0.497 e. The van der Waals surface area contributed by atoms with E-state index in [0.29, 0.717) is 5.69 Å². The van der Waals surface area contributed by atoms with Crippen LogP contribution in [0.15, 0.2) is 58.4 Å². The number of aryl methyl sites for hydroxylation is 1. The Bertz CT molecular complexity index is 1410. The first kappa shape index (κ1) is 21.4. The molecule has 8 heteroatoms. The van der Waals surface area contributed by atoms with Crippen LogP contribution in [0.2, 0.25) is 0 Å². The van der Waals surface area contributed by atoms with Crippen molar-refractivity contribution in [3.63, 3.8) is 0 Å². The van der Waals surface area contributed by atoms with Crippen LogP contribution in [0.3, 0.4) is 0 Å². The van der Waals surface area contributed by atoms with Crippen molar-refractivity contribution in [2.45, 2.75) is 29.5 Å². The number of hydrogen-bond acceptors (Lipinski definition) is 6. The van der Waals surface area contributed by atoms with Crippen LogP contribution < -0.4 is 14.5 Å². The zero-order valence-electron chi connectivity index (χ0n) is 19.3. The van der Waals surface area contributed by atoms with Gasteiger partial charge in [-0.1, -0.05) is 41.2 Å². The number of methoxy groups -OCH3 is 1. The highest BCUT2D eigenvalue weighted by atomic mass is 32.2. The van der Waals surface area contributed by atoms with E-state index in [0.717, 1.165) is 33.2 Å². The van der Waals surface area contributed by atoms with E-state index >= 15 is 0 Å². The summed E-state index contributed by atoms with van der Waals surface area (Å²) in [6.45, 7) is 2.00. The molecule has 7 rings (SSSR count). The van der Waals surface area contributed by atoms with Gasteiger partial charge in [-0.05, 0) is 60.9 Å². The van der Waals surface area contributed by atoms with E-state index in [2.05, 4.69) is 17.1 Å². The average molecular weight is 505 g/mol. The van der Waals surface area contributed by atoms with Crippen LogP contribution >= 0.6 is 23.1 Å². The molecule has 1 N–H and O–H groups in total. The number of fused-ring (bicyclic) bond motifs is 9. The van der Waals surface area contributed by atoms with Crippen LogP contribution in [0, 0.1) is 36.5 Å². The smallest absolute Gasteiger partial charge is 0.305 e. The second-order valence-corrected chi connectivity index (χ2v) is 12.3. The second kappa shape index (κ2) is 7.58. The zero-order chi connectivity index (χ0) is 24.0. The molecule has 178 valence electrons. The summed E-state index contributed by atoms with van der Waals surface area (Å²) in [6, 6.07) is 15.7. The summed E-state index contributed by atoms with van der Waals surface area (Å²) in [5, 5.41) is 1.12. The van der Waals surface area contributed by atoms with Crippen LogP contribution in [0.4, 0.5) is 5.69 Å². The Balaban J connectivity index is 1.31. The summed E-state index contributed by atoms with van der Waals surface area (Å²) < 4.78 is 5.36. The maximum atomic E-state index is 13.8. The first-order valence-electron chi connectivity index (χ1n) is 11.9. The van der Waals surface area contributed by atoms with Gasteiger partial charge < -0.3 is 9.72 Å². The average Bonchev–Trinajstić information content (AvgIpc) is 3.59. The van der Waals surface area contributed by atoms with E-state index in [1.54, 1.807) is 18.9 Å². The van der Waals surface area contributed by atoms with Crippen molar-refractivity contribution in [1.82, 2.24) is 4.98 Å². The van der Waals surface area contributed by atoms with Gasteiger partial charge in [0, 0.05) is 16.0 Å². The number of nitrogens with one attached hydrogen (secondary N) is 1. The standard InChI is InChI=1S/C27H24N2O4S2/c1-12-3-7-14(8-4-12)29-25(30)20-16-11-17(21(20)26(29)31)22-19(16)18(13-5-9-15(33-2)10-6-13)23-24(34-22)28-27(32)35-23/h3-10,16-22H,11H2,1-2H3,(H,28,32)/t16-,17-,18-,19-,20+,21-,22+/m0/s1. The summed E-state index contributed by atoms with van der Waals surface area (Å²) in [4.78, 5) is 45.3. The monoisotopic (exact) mass is 504 g/mol. The number of carbonyl (C=O) groups excluding carboxylic acids is 2. The van der Waals surface area contributed by atoms with Gasteiger partial charge in [-0.25, -0.2) is 0 Å². The number of anilines is 1. The van der Waals surface area contributed by atoms with Crippen molar-refractivity contribution in [2.24, 2.45) is 29.6 Å². The van der Waals surface area contributed by atoms with Crippen LogP contribution in [0.25, 0.3) is 0 Å². The molecule has 3 fully saturated rings. The topological polar surface area (TPSA) is 79.5 Å². The lowest BCUT2D eigenvalue weighted by molar-refractivity contribution is -0.123. The third kappa shape index (κ3) is 2.93. The van der Waals surface area contributed by atoms with Crippen LogP contribution in [0.1, 0.15) is 28.3 Å². The third-order valence-corrected chi connectivity index (χ3v) is 11.1. The van der Waals surface area contributed by atoms with Crippen molar-refractivity contribution in [2.75, 3.05) is 12.0 Å². The number of ether oxygens (including phenoxy) is 1. The van der Waals surface area contributed by atoms with Gasteiger partial charge in [-0.15, -0.1) is 11.8 Å². The zero-order valence-corrected chi connectivity index (χ0v) is 20.9. The number of amides is 2. The highest BCUT2D eigenvalue weighted by Crippen LogP contribution is 2.68. The number of thiazole rings is 1. The SMILES string of the molecule is COc1ccc([C@@H]2c3sc(=O)[nH]c3S[C@@H]3[C@H]4C[C@H]([C@H]5C(=O)N(c6ccc(C)cc6)C(=O)[C@@H]45)[C@@H]23)cc1. The highest BCUT2D eigenvalue weighted by molar-refractivity contribution is 8.00. The maximum Gasteiger partial charge on any atom is 0.305 e. The number of imide groups is 1. The Labute approximate surface area is 210 Å². The molecule has 3 heterocycles. The summed E-state index contributed by atoms with van der Waals surface area (Å²) in [5.74, 6) is 0.598. The fourth-order valence-electron chi connectivity index (χ4n) is 7.15. The molecule has 2 saturated carbocycles. The van der Waals surface area contributed by atoms with E-state index < -0.39 is 0 Å². The molecular weight excluding hydrogens is 480 g/mol. The van der Waals surface area contributed by atoms with Crippen molar-refractivity contribution in [3.8, 4) is 5.75 Å². The fourth-order valence-corrected chi connectivity index (χ4v) is 10.0. The van der Waals surface area contributed by atoms with Gasteiger partial charge in [0.05, 0.1) is 29.7 Å². The minimum absolute atomic E-state index is 0.0263. The Morgan fingerprint density at radius 3 is 2.31 bits per heavy atom. The molecule has 2 aromatic carbocycles. The molecule has 2 aliphatic heterocycles. The molecule has 0 radical (unpaired) electrons. The van der Waals surface area contributed by atoms with Gasteiger partial charge in [0.2, 0.25) is 11.8 Å². The van der Waals surface area contributed by atoms with Gasteiger partial charge in [-0.3, -0.25) is 19.3 Å². The lowest BCUT2D eigenvalue weighted by Gasteiger charge is -2.43. The second-order valence-electron chi connectivity index (χ2n) is 10.1. The quantitative estimate of drug-likeness (QED) is 0.534. The maximum absolute atomic E-state index is 13.8. The predicted molar refractivity (Wildman–Crippen MR) is 135 cm³/mol. The Morgan fingerprint density at radius 2 is 1.63 bits per heavy atom. The van der Waals surface area contributed by atoms with Crippen molar-refractivity contribution in [3.05, 3.63) is 74.2 Å². The molecule has 2 aliphatic carbocycles. The van der Waals surface area contributed by atoms with Crippen molar-refractivity contribution < 1.29 is 14.3 Å². The van der Waals surface area contributed by atoms with Gasteiger partial charge in [0.15, 0.2) is 0 Å². The Kier molecular flexibility index (Phi) is 4.64. The summed E-state index contributed by atoms with van der Waals surface area (Å²) >= 11 is 3.00. The minimum atomic E-state index is -0.284. The number of hydrogen-bond donors (Lipinski definition) is 1. The molecule has 7 atom stereocenters. The first-order chi connectivity index (χ1) is 17.0. The van der Waals surface area contributed by atoms with Crippen LogP contribution in [0.5, 0.6) is 5.75 Å². The van der Waals surface area contributed by atoms with Gasteiger partial charge in [0.1, 0.15) is 5.75 Å². The van der Waals surface area contributed by atoms with E-state index in [9.17, 15) is 14.4 Å². The normalized spacial score (nSPS) is 32.5. The molecule has 4 aliphatic rings. The van der Waals surface area contributed by atoms with Crippen LogP contribution in [-0.2, 0) is 9.59 Å². The Hall–Kier alpha value is -2.84. The summed E-state index contributed by atoms with van der Waals surface area (Å²) in [6.07, 6.45) is 0.892. The third-order valence-electron chi connectivity index (χ3n) is 8.49. The number of carbonyl (C=O) groups is 2. The van der Waals surface area contributed by atoms with E-state index in [1.165, 1.54) is 16.2 Å². The van der Waals surface area contributed by atoms with Crippen LogP contribution in [-0.4, -0.2) is 29.2 Å². The van der Waals surface area contributed by atoms with Crippen molar-refractivity contribution >= 4 is 40.6 Å². The van der Waals surface area contributed by atoms with E-state index in [4.69, 9.17) is 4.74 Å². The van der Waals surface area contributed by atoms with Crippen molar-refractivity contribution in [1.29, 1.82) is 0 Å². The van der Waals surface area contributed by atoms with E-state index in [-0.39, 0.29) is 57.4 Å². The Morgan fingerprint density at radius 1 is 0.943 bits per heavy atom.